The van der Waals surface area contributed by atoms with Crippen molar-refractivity contribution in [2.45, 2.75) is 25.8 Å². The number of halogens is 2. The zero-order chi connectivity index (χ0) is 18.5. The van der Waals surface area contributed by atoms with E-state index in [9.17, 15) is 9.18 Å². The highest BCUT2D eigenvalue weighted by Gasteiger charge is 2.25. The summed E-state index contributed by atoms with van der Waals surface area (Å²) in [5.74, 6) is -0.155. The molecule has 138 valence electrons. The Bertz CT molecular complexity index is 742. The van der Waals surface area contributed by atoms with Crippen molar-refractivity contribution >= 4 is 17.5 Å². The van der Waals surface area contributed by atoms with Gasteiger partial charge in [-0.15, -0.1) is 0 Å². The lowest BCUT2D eigenvalue weighted by molar-refractivity contribution is 0.0909. The Hall–Kier alpha value is -1.91. The van der Waals surface area contributed by atoms with Crippen LogP contribution in [0, 0.1) is 11.7 Å². The van der Waals surface area contributed by atoms with Gasteiger partial charge in [0.15, 0.2) is 0 Å². The van der Waals surface area contributed by atoms with Gasteiger partial charge in [-0.1, -0.05) is 42.8 Å². The van der Waals surface area contributed by atoms with E-state index in [-0.39, 0.29) is 17.5 Å². The van der Waals surface area contributed by atoms with E-state index >= 15 is 0 Å². The third kappa shape index (κ3) is 4.63. The molecule has 2 aromatic rings. The first-order valence-electron chi connectivity index (χ1n) is 9.07. The molecule has 1 amide bonds. The number of rotatable bonds is 5. The van der Waals surface area contributed by atoms with Gasteiger partial charge in [0.05, 0.1) is 11.6 Å². The highest BCUT2D eigenvalue weighted by Crippen LogP contribution is 2.27. The summed E-state index contributed by atoms with van der Waals surface area (Å²) in [4.78, 5) is 14.8. The minimum atomic E-state index is -0.500. The van der Waals surface area contributed by atoms with Crippen LogP contribution in [0.25, 0.3) is 0 Å². The Morgan fingerprint density at radius 2 is 1.85 bits per heavy atom. The standard InChI is InChI=1S/C21H24ClFN2O/c1-15-10-12-25(13-11-15)20(16-6-8-17(22)9-7-16)14-24-21(26)18-4-2-3-5-19(18)23/h2-9,15,20H,10-14H2,1H3,(H,24,26). The fraction of sp³-hybridized carbons (Fsp3) is 0.381. The van der Waals surface area contributed by atoms with E-state index in [4.69, 9.17) is 11.6 Å². The van der Waals surface area contributed by atoms with Gasteiger partial charge >= 0.3 is 0 Å². The molecule has 0 saturated carbocycles. The maximum absolute atomic E-state index is 13.8. The van der Waals surface area contributed by atoms with E-state index in [0.29, 0.717) is 11.6 Å². The van der Waals surface area contributed by atoms with Crippen LogP contribution in [0.5, 0.6) is 0 Å². The smallest absolute Gasteiger partial charge is 0.254 e. The Kier molecular flexibility index (Phi) is 6.28. The van der Waals surface area contributed by atoms with Crippen molar-refractivity contribution in [3.63, 3.8) is 0 Å². The molecule has 2 aromatic carbocycles. The predicted molar refractivity (Wildman–Crippen MR) is 103 cm³/mol. The van der Waals surface area contributed by atoms with Crippen molar-refractivity contribution in [2.75, 3.05) is 19.6 Å². The molecule has 0 aromatic heterocycles. The Morgan fingerprint density at radius 1 is 1.19 bits per heavy atom. The maximum Gasteiger partial charge on any atom is 0.254 e. The lowest BCUT2D eigenvalue weighted by atomic mass is 9.95. The first-order chi connectivity index (χ1) is 12.5. The molecule has 5 heteroatoms. The highest BCUT2D eigenvalue weighted by molar-refractivity contribution is 6.30. The first-order valence-corrected chi connectivity index (χ1v) is 9.44. The second-order valence-corrected chi connectivity index (χ2v) is 7.41. The summed E-state index contributed by atoms with van der Waals surface area (Å²) in [6, 6.07) is 13.8. The summed E-state index contributed by atoms with van der Waals surface area (Å²) in [6.07, 6.45) is 2.29. The van der Waals surface area contributed by atoms with Crippen LogP contribution in [0.3, 0.4) is 0 Å². The Labute approximate surface area is 159 Å². The van der Waals surface area contributed by atoms with Gasteiger partial charge in [-0.25, -0.2) is 4.39 Å². The van der Waals surface area contributed by atoms with Crippen LogP contribution in [-0.4, -0.2) is 30.4 Å². The molecule has 0 radical (unpaired) electrons. The topological polar surface area (TPSA) is 32.3 Å². The molecule has 0 aliphatic carbocycles. The van der Waals surface area contributed by atoms with Crippen LogP contribution < -0.4 is 5.32 Å². The molecule has 1 unspecified atom stereocenters. The van der Waals surface area contributed by atoms with Gasteiger partial charge in [-0.2, -0.15) is 0 Å². The molecule has 1 fully saturated rings. The largest absolute Gasteiger partial charge is 0.350 e. The molecule has 1 heterocycles. The molecule has 3 rings (SSSR count). The van der Waals surface area contributed by atoms with E-state index in [2.05, 4.69) is 17.1 Å². The molecule has 1 N–H and O–H groups in total. The van der Waals surface area contributed by atoms with Crippen LogP contribution in [0.15, 0.2) is 48.5 Å². The van der Waals surface area contributed by atoms with E-state index in [1.165, 1.54) is 12.1 Å². The number of hydrogen-bond donors (Lipinski definition) is 1. The van der Waals surface area contributed by atoms with Gasteiger partial charge in [0.1, 0.15) is 5.82 Å². The average molecular weight is 375 g/mol. The second kappa shape index (κ2) is 8.65. The summed E-state index contributed by atoms with van der Waals surface area (Å²) in [5, 5.41) is 3.60. The molecular weight excluding hydrogens is 351 g/mol. The lowest BCUT2D eigenvalue weighted by Crippen LogP contribution is -2.42. The number of benzene rings is 2. The number of nitrogens with zero attached hydrogens (tertiary/aromatic N) is 1. The van der Waals surface area contributed by atoms with E-state index in [1.807, 2.05) is 24.3 Å². The molecule has 1 aliphatic heterocycles. The van der Waals surface area contributed by atoms with Gasteiger partial charge in [-0.3, -0.25) is 9.69 Å². The van der Waals surface area contributed by atoms with Crippen molar-refractivity contribution < 1.29 is 9.18 Å². The average Bonchev–Trinajstić information content (AvgIpc) is 2.65. The van der Waals surface area contributed by atoms with Crippen LogP contribution in [-0.2, 0) is 0 Å². The zero-order valence-electron chi connectivity index (χ0n) is 14.9. The normalized spacial score (nSPS) is 17.0. The number of amides is 1. The highest BCUT2D eigenvalue weighted by atomic mass is 35.5. The van der Waals surface area contributed by atoms with E-state index in [0.717, 1.165) is 37.4 Å². The van der Waals surface area contributed by atoms with Crippen LogP contribution in [0.2, 0.25) is 5.02 Å². The lowest BCUT2D eigenvalue weighted by Gasteiger charge is -2.37. The third-order valence-electron chi connectivity index (χ3n) is 5.09. The van der Waals surface area contributed by atoms with Crippen LogP contribution >= 0.6 is 11.6 Å². The van der Waals surface area contributed by atoms with Crippen molar-refractivity contribution in [2.24, 2.45) is 5.92 Å². The molecule has 0 bridgehead atoms. The van der Waals surface area contributed by atoms with E-state index < -0.39 is 5.82 Å². The molecule has 1 aliphatic rings. The summed E-state index contributed by atoms with van der Waals surface area (Å²) < 4.78 is 13.8. The fourth-order valence-corrected chi connectivity index (χ4v) is 3.54. The third-order valence-corrected chi connectivity index (χ3v) is 5.34. The quantitative estimate of drug-likeness (QED) is 0.823. The molecular formula is C21H24ClFN2O. The van der Waals surface area contributed by atoms with Gasteiger partial charge in [-0.05, 0) is 61.7 Å². The Morgan fingerprint density at radius 3 is 2.50 bits per heavy atom. The maximum atomic E-state index is 13.8. The predicted octanol–water partition coefficient (Wildman–Crippen LogP) is 4.68. The molecule has 0 spiro atoms. The van der Waals surface area contributed by atoms with Crippen LogP contribution in [0.1, 0.15) is 41.7 Å². The van der Waals surface area contributed by atoms with Crippen molar-refractivity contribution in [1.29, 1.82) is 0 Å². The van der Waals surface area contributed by atoms with Crippen molar-refractivity contribution in [3.05, 3.63) is 70.5 Å². The molecule has 1 atom stereocenters. The van der Waals surface area contributed by atoms with Crippen LogP contribution in [0.4, 0.5) is 4.39 Å². The van der Waals surface area contributed by atoms with Gasteiger partial charge < -0.3 is 5.32 Å². The van der Waals surface area contributed by atoms with E-state index in [1.54, 1.807) is 12.1 Å². The zero-order valence-corrected chi connectivity index (χ0v) is 15.7. The number of nitrogens with one attached hydrogen (secondary N) is 1. The molecule has 26 heavy (non-hydrogen) atoms. The second-order valence-electron chi connectivity index (χ2n) is 6.98. The fourth-order valence-electron chi connectivity index (χ4n) is 3.41. The summed E-state index contributed by atoms with van der Waals surface area (Å²) in [5.41, 5.74) is 1.19. The number of carbonyl (C=O) groups excluding carboxylic acids is 1. The number of piperidine rings is 1. The number of carbonyl (C=O) groups is 1. The first kappa shape index (κ1) is 18.9. The molecule has 1 saturated heterocycles. The van der Waals surface area contributed by atoms with Crippen molar-refractivity contribution in [3.8, 4) is 0 Å². The summed E-state index contributed by atoms with van der Waals surface area (Å²) in [7, 11) is 0. The minimum Gasteiger partial charge on any atom is -0.350 e. The monoisotopic (exact) mass is 374 g/mol. The summed E-state index contributed by atoms with van der Waals surface area (Å²) >= 11 is 6.02. The number of hydrogen-bond acceptors (Lipinski definition) is 2. The number of likely N-dealkylation sites (tertiary alicyclic amines) is 1. The minimum absolute atomic E-state index is 0.0514. The van der Waals surface area contributed by atoms with Crippen molar-refractivity contribution in [1.82, 2.24) is 10.2 Å². The summed E-state index contributed by atoms with van der Waals surface area (Å²) in [6.45, 7) is 4.69. The van der Waals surface area contributed by atoms with Gasteiger partial charge in [0.2, 0.25) is 0 Å². The molecule has 3 nitrogen and oxygen atoms in total. The Balaban J connectivity index is 1.74. The van der Waals surface area contributed by atoms with Gasteiger partial charge in [0, 0.05) is 11.6 Å². The SMILES string of the molecule is CC1CCN(C(CNC(=O)c2ccccc2F)c2ccc(Cl)cc2)CC1. The van der Waals surface area contributed by atoms with Gasteiger partial charge in [0.25, 0.3) is 5.91 Å².